The minimum absolute atomic E-state index is 0.0674. The Labute approximate surface area is 149 Å². The van der Waals surface area contributed by atoms with Crippen LogP contribution in [0.1, 0.15) is 22.3 Å². The molecule has 0 aliphatic carbocycles. The van der Waals surface area contributed by atoms with Gasteiger partial charge in [-0.3, -0.25) is 4.79 Å². The van der Waals surface area contributed by atoms with Crippen LogP contribution >= 0.6 is 0 Å². The summed E-state index contributed by atoms with van der Waals surface area (Å²) in [7, 11) is 1.75. The average molecular weight is 364 g/mol. The zero-order chi connectivity index (χ0) is 18.7. The number of nitrogens with one attached hydrogen (secondary N) is 1. The van der Waals surface area contributed by atoms with Gasteiger partial charge in [-0.2, -0.15) is 13.2 Å². The van der Waals surface area contributed by atoms with E-state index in [-0.39, 0.29) is 17.7 Å². The molecule has 1 amide bonds. The molecule has 3 rings (SSSR count). The highest BCUT2D eigenvalue weighted by molar-refractivity contribution is 5.94. The van der Waals surface area contributed by atoms with Gasteiger partial charge in [-0.1, -0.05) is 12.1 Å². The number of amides is 1. The molecule has 0 spiro atoms. The highest BCUT2D eigenvalue weighted by Crippen LogP contribution is 2.32. The maximum Gasteiger partial charge on any atom is 0.416 e. The van der Waals surface area contributed by atoms with Crippen LogP contribution < -0.4 is 10.1 Å². The van der Waals surface area contributed by atoms with Gasteiger partial charge in [0.15, 0.2) is 0 Å². The number of likely N-dealkylation sites (N-methyl/N-ethyl adjacent to an activating group) is 1. The number of rotatable bonds is 4. The zero-order valence-electron chi connectivity index (χ0n) is 14.2. The molecule has 1 atom stereocenters. The molecular weight excluding hydrogens is 345 g/mol. The standard InChI is InChI=1S/C19H19F3N2O2/c1-24(15-8-9-23-12-15)18(25)13-4-2-6-16(10-13)26-17-7-3-5-14(11-17)19(20,21)22/h2-7,10-11,15,23H,8-9,12H2,1H3. The van der Waals surface area contributed by atoms with Crippen LogP contribution in [0, 0.1) is 0 Å². The number of hydrogen-bond donors (Lipinski definition) is 1. The van der Waals surface area contributed by atoms with Gasteiger partial charge in [0.1, 0.15) is 11.5 Å². The van der Waals surface area contributed by atoms with E-state index in [0.717, 1.165) is 31.6 Å². The number of carbonyl (C=O) groups excluding carboxylic acids is 1. The third-order valence-corrected chi connectivity index (χ3v) is 4.38. The van der Waals surface area contributed by atoms with E-state index in [1.165, 1.54) is 12.1 Å². The lowest BCUT2D eigenvalue weighted by Crippen LogP contribution is -2.38. The normalized spacial score (nSPS) is 17.2. The fourth-order valence-corrected chi connectivity index (χ4v) is 2.90. The second-order valence-electron chi connectivity index (χ2n) is 6.22. The summed E-state index contributed by atoms with van der Waals surface area (Å²) in [6, 6.07) is 11.2. The van der Waals surface area contributed by atoms with Crippen molar-refractivity contribution in [1.29, 1.82) is 0 Å². The zero-order valence-corrected chi connectivity index (χ0v) is 14.2. The Hall–Kier alpha value is -2.54. The first-order chi connectivity index (χ1) is 12.3. The van der Waals surface area contributed by atoms with Crippen molar-refractivity contribution in [3.05, 3.63) is 59.7 Å². The Morgan fingerprint density at radius 1 is 1.15 bits per heavy atom. The predicted molar refractivity (Wildman–Crippen MR) is 91.3 cm³/mol. The maximum atomic E-state index is 12.8. The molecular formula is C19H19F3N2O2. The molecule has 7 heteroatoms. The minimum atomic E-state index is -4.44. The smallest absolute Gasteiger partial charge is 0.416 e. The molecule has 0 aromatic heterocycles. The summed E-state index contributed by atoms with van der Waals surface area (Å²) in [6.07, 6.45) is -3.54. The Kier molecular flexibility index (Phi) is 5.18. The molecule has 1 aliphatic heterocycles. The monoisotopic (exact) mass is 364 g/mol. The fraction of sp³-hybridized carbons (Fsp3) is 0.316. The van der Waals surface area contributed by atoms with Crippen LogP contribution in [0.4, 0.5) is 13.2 Å². The molecule has 0 saturated carbocycles. The van der Waals surface area contributed by atoms with Gasteiger partial charge < -0.3 is 15.0 Å². The van der Waals surface area contributed by atoms with Gasteiger partial charge >= 0.3 is 6.18 Å². The molecule has 1 fully saturated rings. The average Bonchev–Trinajstić information content (AvgIpc) is 3.15. The van der Waals surface area contributed by atoms with Gasteiger partial charge in [-0.25, -0.2) is 0 Å². The Balaban J connectivity index is 1.76. The van der Waals surface area contributed by atoms with Gasteiger partial charge in [-0.05, 0) is 49.4 Å². The Morgan fingerprint density at radius 2 is 1.85 bits per heavy atom. The summed E-state index contributed by atoms with van der Waals surface area (Å²) in [5.74, 6) is 0.235. The molecule has 1 unspecified atom stereocenters. The summed E-state index contributed by atoms with van der Waals surface area (Å²) >= 11 is 0. The second kappa shape index (κ2) is 7.37. The number of carbonyl (C=O) groups is 1. The molecule has 1 aliphatic rings. The van der Waals surface area contributed by atoms with Crippen LogP contribution in [-0.4, -0.2) is 37.0 Å². The molecule has 1 heterocycles. The first-order valence-electron chi connectivity index (χ1n) is 8.27. The molecule has 2 aromatic rings. The van der Waals surface area contributed by atoms with Crippen molar-refractivity contribution < 1.29 is 22.7 Å². The van der Waals surface area contributed by atoms with Crippen molar-refractivity contribution >= 4 is 5.91 Å². The molecule has 138 valence electrons. The highest BCUT2D eigenvalue weighted by Gasteiger charge is 2.30. The molecule has 26 heavy (non-hydrogen) atoms. The van der Waals surface area contributed by atoms with E-state index in [2.05, 4.69) is 5.32 Å². The van der Waals surface area contributed by atoms with Gasteiger partial charge in [0, 0.05) is 25.2 Å². The maximum absolute atomic E-state index is 12.8. The molecule has 0 bridgehead atoms. The second-order valence-corrected chi connectivity index (χ2v) is 6.22. The van der Waals surface area contributed by atoms with Crippen molar-refractivity contribution in [2.24, 2.45) is 0 Å². The van der Waals surface area contributed by atoms with Gasteiger partial charge in [0.05, 0.1) is 5.56 Å². The van der Waals surface area contributed by atoms with E-state index in [0.29, 0.717) is 11.3 Å². The highest BCUT2D eigenvalue weighted by atomic mass is 19.4. The van der Waals surface area contributed by atoms with Crippen molar-refractivity contribution in [2.45, 2.75) is 18.6 Å². The summed E-state index contributed by atoms with van der Waals surface area (Å²) in [5.41, 5.74) is -0.348. The predicted octanol–water partition coefficient (Wildman–Crippen LogP) is 3.93. The van der Waals surface area contributed by atoms with Crippen molar-refractivity contribution in [3.63, 3.8) is 0 Å². The number of halogens is 3. The fourth-order valence-electron chi connectivity index (χ4n) is 2.90. The van der Waals surface area contributed by atoms with E-state index in [4.69, 9.17) is 4.74 Å². The molecule has 0 radical (unpaired) electrons. The van der Waals surface area contributed by atoms with Crippen LogP contribution in [0.2, 0.25) is 0 Å². The van der Waals surface area contributed by atoms with Crippen molar-refractivity contribution in [2.75, 3.05) is 20.1 Å². The third-order valence-electron chi connectivity index (χ3n) is 4.38. The van der Waals surface area contributed by atoms with Crippen molar-refractivity contribution in [1.82, 2.24) is 10.2 Å². The quantitative estimate of drug-likeness (QED) is 0.894. The van der Waals surface area contributed by atoms with Crippen LogP contribution in [0.3, 0.4) is 0 Å². The van der Waals surface area contributed by atoms with Gasteiger partial charge in [0.2, 0.25) is 0 Å². The van der Waals surface area contributed by atoms with Gasteiger partial charge in [-0.15, -0.1) is 0 Å². The minimum Gasteiger partial charge on any atom is -0.457 e. The topological polar surface area (TPSA) is 41.6 Å². The first-order valence-corrected chi connectivity index (χ1v) is 8.27. The SMILES string of the molecule is CN(C(=O)c1cccc(Oc2cccc(C(F)(F)F)c2)c1)C1CCNC1. The van der Waals surface area contributed by atoms with Crippen molar-refractivity contribution in [3.8, 4) is 11.5 Å². The lowest BCUT2D eigenvalue weighted by atomic mass is 10.1. The first kappa shape index (κ1) is 18.3. The van der Waals surface area contributed by atoms with Crippen LogP contribution in [0.25, 0.3) is 0 Å². The van der Waals surface area contributed by atoms with E-state index >= 15 is 0 Å². The number of nitrogens with zero attached hydrogens (tertiary/aromatic N) is 1. The lowest BCUT2D eigenvalue weighted by molar-refractivity contribution is -0.137. The third kappa shape index (κ3) is 4.16. The van der Waals surface area contributed by atoms with E-state index in [1.807, 2.05) is 0 Å². The summed E-state index contributed by atoms with van der Waals surface area (Å²) in [4.78, 5) is 14.3. The number of hydrogen-bond acceptors (Lipinski definition) is 3. The summed E-state index contributed by atoms with van der Waals surface area (Å²) in [5, 5.41) is 3.21. The molecule has 2 aromatic carbocycles. The van der Waals surface area contributed by atoms with E-state index in [9.17, 15) is 18.0 Å². The Morgan fingerprint density at radius 3 is 2.50 bits per heavy atom. The number of alkyl halides is 3. The van der Waals surface area contributed by atoms with Gasteiger partial charge in [0.25, 0.3) is 5.91 Å². The van der Waals surface area contributed by atoms with Crippen LogP contribution in [-0.2, 0) is 6.18 Å². The summed E-state index contributed by atoms with van der Waals surface area (Å²) < 4.78 is 43.9. The molecule has 4 nitrogen and oxygen atoms in total. The largest absolute Gasteiger partial charge is 0.457 e. The number of ether oxygens (including phenoxy) is 1. The summed E-state index contributed by atoms with van der Waals surface area (Å²) in [6.45, 7) is 1.63. The van der Waals surface area contributed by atoms with Crippen LogP contribution in [0.5, 0.6) is 11.5 Å². The lowest BCUT2D eigenvalue weighted by Gasteiger charge is -2.24. The van der Waals surface area contributed by atoms with E-state index < -0.39 is 11.7 Å². The van der Waals surface area contributed by atoms with E-state index in [1.54, 1.807) is 36.2 Å². The Bertz CT molecular complexity index is 786. The number of benzene rings is 2. The molecule has 1 saturated heterocycles. The molecule has 1 N–H and O–H groups in total. The van der Waals surface area contributed by atoms with Crippen LogP contribution in [0.15, 0.2) is 48.5 Å².